The first-order valence-electron chi connectivity index (χ1n) is 6.08. The van der Waals surface area contributed by atoms with Crippen molar-refractivity contribution in [2.75, 3.05) is 0 Å². The van der Waals surface area contributed by atoms with E-state index < -0.39 is 6.10 Å². The average Bonchev–Trinajstić information content (AvgIpc) is 3.07. The number of benzene rings is 1. The van der Waals surface area contributed by atoms with Crippen molar-refractivity contribution < 1.29 is 5.11 Å². The van der Waals surface area contributed by atoms with Gasteiger partial charge in [-0.2, -0.15) is 5.10 Å². The van der Waals surface area contributed by atoms with Gasteiger partial charge in [0.15, 0.2) is 0 Å². The van der Waals surface area contributed by atoms with Gasteiger partial charge in [0.2, 0.25) is 0 Å². The SMILES string of the molecule is CC(O)c1cccc(-n2nccc2C2CC2)c1. The van der Waals surface area contributed by atoms with E-state index in [0.717, 1.165) is 11.3 Å². The molecule has 1 aliphatic rings. The first-order valence-corrected chi connectivity index (χ1v) is 6.08. The van der Waals surface area contributed by atoms with Crippen LogP contribution in [0, 0.1) is 0 Å². The van der Waals surface area contributed by atoms with Crippen LogP contribution >= 0.6 is 0 Å². The Morgan fingerprint density at radius 2 is 2.18 bits per heavy atom. The standard InChI is InChI=1S/C14H16N2O/c1-10(17)12-3-2-4-13(9-12)16-14(7-8-15-16)11-5-6-11/h2-4,7-11,17H,5-6H2,1H3. The van der Waals surface area contributed by atoms with E-state index in [1.807, 2.05) is 35.1 Å². The van der Waals surface area contributed by atoms with E-state index in [1.54, 1.807) is 6.92 Å². The molecule has 3 nitrogen and oxygen atoms in total. The van der Waals surface area contributed by atoms with Crippen LogP contribution in [0.1, 0.15) is 43.0 Å². The number of aliphatic hydroxyl groups is 1. The Labute approximate surface area is 101 Å². The van der Waals surface area contributed by atoms with Gasteiger partial charge in [0.05, 0.1) is 11.8 Å². The topological polar surface area (TPSA) is 38.0 Å². The maximum absolute atomic E-state index is 9.61. The molecule has 88 valence electrons. The lowest BCUT2D eigenvalue weighted by atomic mass is 10.1. The number of aromatic nitrogens is 2. The van der Waals surface area contributed by atoms with E-state index in [2.05, 4.69) is 11.2 Å². The molecule has 1 fully saturated rings. The molecule has 1 heterocycles. The third kappa shape index (κ3) is 1.98. The fourth-order valence-corrected chi connectivity index (χ4v) is 2.13. The van der Waals surface area contributed by atoms with Gasteiger partial charge in [-0.3, -0.25) is 0 Å². The Bertz CT molecular complexity index is 527. The minimum absolute atomic E-state index is 0.435. The number of hydrogen-bond acceptors (Lipinski definition) is 2. The molecule has 0 bridgehead atoms. The van der Waals surface area contributed by atoms with Crippen molar-refractivity contribution in [2.24, 2.45) is 0 Å². The molecule has 0 radical (unpaired) electrons. The quantitative estimate of drug-likeness (QED) is 0.877. The van der Waals surface area contributed by atoms with Crippen LogP contribution in [0.5, 0.6) is 0 Å². The van der Waals surface area contributed by atoms with Crippen LogP contribution in [0.2, 0.25) is 0 Å². The van der Waals surface area contributed by atoms with Gasteiger partial charge in [0.1, 0.15) is 0 Å². The molecule has 2 aromatic rings. The first-order chi connectivity index (χ1) is 8.25. The van der Waals surface area contributed by atoms with Crippen molar-refractivity contribution >= 4 is 0 Å². The van der Waals surface area contributed by atoms with Crippen molar-refractivity contribution in [3.05, 3.63) is 47.8 Å². The zero-order valence-electron chi connectivity index (χ0n) is 9.87. The van der Waals surface area contributed by atoms with Gasteiger partial charge in [0, 0.05) is 17.8 Å². The van der Waals surface area contributed by atoms with Crippen molar-refractivity contribution in [3.63, 3.8) is 0 Å². The van der Waals surface area contributed by atoms with Crippen molar-refractivity contribution in [1.29, 1.82) is 0 Å². The Balaban J connectivity index is 2.02. The van der Waals surface area contributed by atoms with Crippen LogP contribution < -0.4 is 0 Å². The number of hydrogen-bond donors (Lipinski definition) is 1. The van der Waals surface area contributed by atoms with Crippen LogP contribution in [-0.4, -0.2) is 14.9 Å². The van der Waals surface area contributed by atoms with Crippen LogP contribution in [0.3, 0.4) is 0 Å². The second kappa shape index (κ2) is 4.00. The summed E-state index contributed by atoms with van der Waals surface area (Å²) in [6, 6.07) is 10.0. The highest BCUT2D eigenvalue weighted by molar-refractivity contribution is 5.38. The third-order valence-corrected chi connectivity index (χ3v) is 3.26. The summed E-state index contributed by atoms with van der Waals surface area (Å²) in [7, 11) is 0. The third-order valence-electron chi connectivity index (χ3n) is 3.26. The zero-order chi connectivity index (χ0) is 11.8. The van der Waals surface area contributed by atoms with E-state index in [9.17, 15) is 5.11 Å². The van der Waals surface area contributed by atoms with Gasteiger partial charge in [0.25, 0.3) is 0 Å². The molecule has 1 aromatic carbocycles. The average molecular weight is 228 g/mol. The lowest BCUT2D eigenvalue weighted by Gasteiger charge is -2.10. The Kier molecular flexibility index (Phi) is 2.48. The van der Waals surface area contributed by atoms with Gasteiger partial charge in [-0.25, -0.2) is 4.68 Å². The summed E-state index contributed by atoms with van der Waals surface area (Å²) in [5.74, 6) is 0.674. The lowest BCUT2D eigenvalue weighted by molar-refractivity contribution is 0.199. The molecule has 0 spiro atoms. The fraction of sp³-hybridized carbons (Fsp3) is 0.357. The van der Waals surface area contributed by atoms with Gasteiger partial charge < -0.3 is 5.11 Å². The number of nitrogens with zero attached hydrogens (tertiary/aromatic N) is 2. The summed E-state index contributed by atoms with van der Waals surface area (Å²) >= 11 is 0. The summed E-state index contributed by atoms with van der Waals surface area (Å²) < 4.78 is 1.99. The lowest BCUT2D eigenvalue weighted by Crippen LogP contribution is -2.02. The second-order valence-electron chi connectivity index (χ2n) is 4.71. The van der Waals surface area contributed by atoms with E-state index in [-0.39, 0.29) is 0 Å². The minimum atomic E-state index is -0.435. The number of rotatable bonds is 3. The molecule has 1 aromatic heterocycles. The maximum atomic E-state index is 9.61. The number of aliphatic hydroxyl groups excluding tert-OH is 1. The van der Waals surface area contributed by atoms with Gasteiger partial charge in [-0.1, -0.05) is 12.1 Å². The largest absolute Gasteiger partial charge is 0.389 e. The molecule has 3 rings (SSSR count). The normalized spacial score (nSPS) is 17.1. The van der Waals surface area contributed by atoms with E-state index >= 15 is 0 Å². The Morgan fingerprint density at radius 3 is 2.88 bits per heavy atom. The molecule has 1 unspecified atom stereocenters. The Morgan fingerprint density at radius 1 is 1.35 bits per heavy atom. The predicted molar refractivity (Wildman–Crippen MR) is 66.2 cm³/mol. The van der Waals surface area contributed by atoms with E-state index in [0.29, 0.717) is 5.92 Å². The molecule has 1 N–H and O–H groups in total. The van der Waals surface area contributed by atoms with Crippen molar-refractivity contribution in [2.45, 2.75) is 31.8 Å². The fourth-order valence-electron chi connectivity index (χ4n) is 2.13. The smallest absolute Gasteiger partial charge is 0.0762 e. The minimum Gasteiger partial charge on any atom is -0.389 e. The summed E-state index contributed by atoms with van der Waals surface area (Å²) in [4.78, 5) is 0. The molecule has 1 saturated carbocycles. The predicted octanol–water partition coefficient (Wildman–Crippen LogP) is 2.80. The highest BCUT2D eigenvalue weighted by Crippen LogP contribution is 2.40. The molecular formula is C14H16N2O. The summed E-state index contributed by atoms with van der Waals surface area (Å²) in [5.41, 5.74) is 3.25. The molecule has 17 heavy (non-hydrogen) atoms. The zero-order valence-corrected chi connectivity index (χ0v) is 9.87. The van der Waals surface area contributed by atoms with Crippen LogP contribution in [0.15, 0.2) is 36.5 Å². The molecule has 0 saturated heterocycles. The van der Waals surface area contributed by atoms with Gasteiger partial charge in [-0.05, 0) is 43.5 Å². The molecule has 1 aliphatic carbocycles. The monoisotopic (exact) mass is 228 g/mol. The van der Waals surface area contributed by atoms with Crippen LogP contribution in [0.4, 0.5) is 0 Å². The molecular weight excluding hydrogens is 212 g/mol. The molecule has 0 aliphatic heterocycles. The summed E-state index contributed by atoms with van der Waals surface area (Å²) in [6.45, 7) is 1.78. The summed E-state index contributed by atoms with van der Waals surface area (Å²) in [6.07, 6.45) is 3.95. The van der Waals surface area contributed by atoms with Crippen molar-refractivity contribution in [1.82, 2.24) is 9.78 Å². The van der Waals surface area contributed by atoms with Crippen LogP contribution in [-0.2, 0) is 0 Å². The van der Waals surface area contributed by atoms with Gasteiger partial charge in [-0.15, -0.1) is 0 Å². The highest BCUT2D eigenvalue weighted by Gasteiger charge is 2.27. The van der Waals surface area contributed by atoms with E-state index in [1.165, 1.54) is 18.5 Å². The molecule has 3 heteroatoms. The Hall–Kier alpha value is -1.61. The molecule has 0 amide bonds. The summed E-state index contributed by atoms with van der Waals surface area (Å²) in [5, 5.41) is 14.0. The molecule has 1 atom stereocenters. The van der Waals surface area contributed by atoms with E-state index in [4.69, 9.17) is 0 Å². The highest BCUT2D eigenvalue weighted by atomic mass is 16.3. The van der Waals surface area contributed by atoms with Gasteiger partial charge >= 0.3 is 0 Å². The van der Waals surface area contributed by atoms with Crippen molar-refractivity contribution in [3.8, 4) is 5.69 Å². The maximum Gasteiger partial charge on any atom is 0.0762 e. The second-order valence-corrected chi connectivity index (χ2v) is 4.71. The van der Waals surface area contributed by atoms with Crippen LogP contribution in [0.25, 0.3) is 5.69 Å². The first kappa shape index (κ1) is 10.5.